The van der Waals surface area contributed by atoms with Crippen LogP contribution in [-0.4, -0.2) is 0 Å². The summed E-state index contributed by atoms with van der Waals surface area (Å²) in [6.45, 7) is 3.58. The van der Waals surface area contributed by atoms with Gasteiger partial charge in [-0.3, -0.25) is 0 Å². The minimum atomic E-state index is -0.100. The summed E-state index contributed by atoms with van der Waals surface area (Å²) in [5.74, 6) is -0.100. The van der Waals surface area contributed by atoms with Crippen LogP contribution in [0.15, 0.2) is 60.7 Å². The molecule has 0 heterocycles. The third-order valence-corrected chi connectivity index (χ3v) is 2.38. The number of benzene rings is 1. The van der Waals surface area contributed by atoms with Gasteiger partial charge in [-0.15, -0.1) is 0 Å². The molecule has 1 heteroatoms. The predicted octanol–water partition coefficient (Wildman–Crippen LogP) is 4.65. The average Bonchev–Trinajstić information content (AvgIpc) is 2.35. The number of hydrogen-bond donors (Lipinski definition) is 0. The van der Waals surface area contributed by atoms with Gasteiger partial charge >= 0.3 is 0 Å². The maximum absolute atomic E-state index is 13.3. The lowest BCUT2D eigenvalue weighted by Crippen LogP contribution is -1.89. The Kier molecular flexibility index (Phi) is 6.73. The Labute approximate surface area is 103 Å². The Balaban J connectivity index is 2.23. The van der Waals surface area contributed by atoms with E-state index >= 15 is 0 Å². The van der Waals surface area contributed by atoms with Crippen molar-refractivity contribution < 1.29 is 4.39 Å². The molecule has 0 aromatic heterocycles. The third-order valence-electron chi connectivity index (χ3n) is 2.38. The molecule has 0 fully saturated rings. The Morgan fingerprint density at radius 3 is 2.59 bits per heavy atom. The second-order valence-corrected chi connectivity index (χ2v) is 3.72. The highest BCUT2D eigenvalue weighted by molar-refractivity contribution is 5.17. The van der Waals surface area contributed by atoms with Gasteiger partial charge in [0.05, 0.1) is 0 Å². The first-order valence-corrected chi connectivity index (χ1v) is 5.85. The van der Waals surface area contributed by atoms with Gasteiger partial charge in [-0.25, -0.2) is 4.39 Å². The van der Waals surface area contributed by atoms with Crippen molar-refractivity contribution in [3.63, 3.8) is 0 Å². The van der Waals surface area contributed by atoms with E-state index in [9.17, 15) is 4.39 Å². The molecule has 0 aliphatic carbocycles. The van der Waals surface area contributed by atoms with Crippen LogP contribution >= 0.6 is 0 Å². The summed E-state index contributed by atoms with van der Waals surface area (Å²) in [7, 11) is 0. The van der Waals surface area contributed by atoms with Crippen LogP contribution in [0.3, 0.4) is 0 Å². The quantitative estimate of drug-likeness (QED) is 0.492. The highest BCUT2D eigenvalue weighted by Gasteiger charge is 1.98. The largest absolute Gasteiger partial charge is 0.207 e. The monoisotopic (exact) mass is 229 g/mol. The van der Waals surface area contributed by atoms with Crippen molar-refractivity contribution in [1.82, 2.24) is 0 Å². The molecule has 0 aliphatic rings. The predicted molar refractivity (Wildman–Crippen MR) is 72.1 cm³/mol. The Morgan fingerprint density at radius 1 is 1.06 bits per heavy atom. The van der Waals surface area contributed by atoms with Crippen LogP contribution in [0.2, 0.25) is 0 Å². The normalized spacial score (nSPS) is 12.1. The summed E-state index contributed by atoms with van der Waals surface area (Å²) >= 11 is 0. The fourth-order valence-corrected chi connectivity index (χ4v) is 1.49. The molecule has 17 heavy (non-hydrogen) atoms. The Morgan fingerprint density at radius 2 is 1.82 bits per heavy atom. The molecule has 0 unspecified atom stereocenters. The summed E-state index contributed by atoms with van der Waals surface area (Å²) in [5.41, 5.74) is 0.802. The summed E-state index contributed by atoms with van der Waals surface area (Å²) in [6.07, 6.45) is 14.3. The molecule has 0 spiro atoms. The number of hydrogen-bond acceptors (Lipinski definition) is 0. The van der Waals surface area contributed by atoms with Crippen LogP contribution in [0, 0.1) is 12.7 Å². The Hall–Kier alpha value is -1.63. The van der Waals surface area contributed by atoms with Crippen LogP contribution in [0.25, 0.3) is 0 Å². The van der Waals surface area contributed by atoms with Crippen LogP contribution in [-0.2, 0) is 6.42 Å². The van der Waals surface area contributed by atoms with Crippen LogP contribution < -0.4 is 0 Å². The number of rotatable bonds is 6. The van der Waals surface area contributed by atoms with Crippen molar-refractivity contribution in [2.75, 3.05) is 0 Å². The number of halogens is 1. The van der Waals surface area contributed by atoms with Gasteiger partial charge in [0.25, 0.3) is 0 Å². The lowest BCUT2D eigenvalue weighted by molar-refractivity contribution is 0.605. The summed E-state index contributed by atoms with van der Waals surface area (Å²) in [4.78, 5) is 0. The minimum Gasteiger partial charge on any atom is -0.207 e. The minimum absolute atomic E-state index is 0.100. The molecule has 89 valence electrons. The van der Waals surface area contributed by atoms with Crippen molar-refractivity contribution in [2.24, 2.45) is 0 Å². The fourth-order valence-electron chi connectivity index (χ4n) is 1.49. The molecule has 0 saturated carbocycles. The second kappa shape index (κ2) is 8.51. The van der Waals surface area contributed by atoms with Crippen LogP contribution in [0.4, 0.5) is 4.39 Å². The van der Waals surface area contributed by atoms with Gasteiger partial charge in [0.2, 0.25) is 0 Å². The van der Waals surface area contributed by atoms with E-state index in [4.69, 9.17) is 0 Å². The molecular formula is C16H18F. The van der Waals surface area contributed by atoms with Gasteiger partial charge in [0, 0.05) is 0 Å². The number of unbranched alkanes of at least 4 members (excludes halogenated alkanes) is 1. The zero-order valence-electron chi connectivity index (χ0n) is 9.98. The molecule has 0 N–H and O–H groups in total. The van der Waals surface area contributed by atoms with E-state index in [-0.39, 0.29) is 5.82 Å². The molecule has 1 radical (unpaired) electrons. The molecule has 1 aromatic rings. The molecule has 0 saturated heterocycles. The maximum Gasteiger partial charge on any atom is 0.126 e. The molecule has 0 nitrogen and oxygen atoms in total. The second-order valence-electron chi connectivity index (χ2n) is 3.72. The van der Waals surface area contributed by atoms with Gasteiger partial charge in [0.15, 0.2) is 0 Å². The first-order chi connectivity index (χ1) is 8.34. The number of aryl methyl sites for hydroxylation is 1. The van der Waals surface area contributed by atoms with Crippen LogP contribution in [0.1, 0.15) is 18.4 Å². The van der Waals surface area contributed by atoms with E-state index in [1.54, 1.807) is 12.1 Å². The molecule has 0 aliphatic heterocycles. The lowest BCUT2D eigenvalue weighted by Gasteiger charge is -2.00. The van der Waals surface area contributed by atoms with E-state index in [1.165, 1.54) is 6.07 Å². The van der Waals surface area contributed by atoms with Gasteiger partial charge in [0.1, 0.15) is 5.82 Å². The molecule has 1 aromatic carbocycles. The van der Waals surface area contributed by atoms with Gasteiger partial charge in [-0.05, 0) is 37.8 Å². The number of allylic oxidation sites excluding steroid dienone is 6. The fraction of sp³-hybridized carbons (Fsp3) is 0.188. The molecule has 0 amide bonds. The van der Waals surface area contributed by atoms with E-state index < -0.39 is 0 Å². The standard InChI is InChI=1S/C16H18F/c1-2-3-4-5-6-7-8-9-12-15-13-10-11-14-16(15)17/h2-7,10-11,13-14H,1,8-9,12H2. The van der Waals surface area contributed by atoms with E-state index in [1.807, 2.05) is 36.4 Å². The first-order valence-electron chi connectivity index (χ1n) is 5.85. The van der Waals surface area contributed by atoms with Crippen molar-refractivity contribution in [2.45, 2.75) is 19.3 Å². The Bertz CT molecular complexity index is 400. The summed E-state index contributed by atoms with van der Waals surface area (Å²) < 4.78 is 13.3. The smallest absolute Gasteiger partial charge is 0.126 e. The summed E-state index contributed by atoms with van der Waals surface area (Å²) in [6, 6.07) is 6.96. The van der Waals surface area contributed by atoms with Crippen LogP contribution in [0.5, 0.6) is 0 Å². The topological polar surface area (TPSA) is 0 Å². The zero-order valence-corrected chi connectivity index (χ0v) is 9.98. The SMILES string of the molecule is [CH2]C=CC=CC=CCCCc1ccccc1F. The van der Waals surface area contributed by atoms with Crippen molar-refractivity contribution >= 4 is 0 Å². The van der Waals surface area contributed by atoms with Gasteiger partial charge < -0.3 is 0 Å². The maximum atomic E-state index is 13.3. The third kappa shape index (κ3) is 5.86. The van der Waals surface area contributed by atoms with Crippen molar-refractivity contribution in [1.29, 1.82) is 0 Å². The molecule has 0 bridgehead atoms. The zero-order chi connectivity index (χ0) is 12.3. The first kappa shape index (κ1) is 13.4. The molecular weight excluding hydrogens is 211 g/mol. The molecule has 0 atom stereocenters. The summed E-state index contributed by atoms with van der Waals surface area (Å²) in [5, 5.41) is 0. The van der Waals surface area contributed by atoms with Crippen molar-refractivity contribution in [3.8, 4) is 0 Å². The van der Waals surface area contributed by atoms with Gasteiger partial charge in [-0.2, -0.15) is 0 Å². The van der Waals surface area contributed by atoms with E-state index in [0.29, 0.717) is 0 Å². The van der Waals surface area contributed by atoms with Gasteiger partial charge in [-0.1, -0.05) is 54.7 Å². The highest BCUT2D eigenvalue weighted by Crippen LogP contribution is 2.10. The van der Waals surface area contributed by atoms with E-state index in [2.05, 4.69) is 13.0 Å². The highest BCUT2D eigenvalue weighted by atomic mass is 19.1. The molecule has 1 rings (SSSR count). The average molecular weight is 229 g/mol. The van der Waals surface area contributed by atoms with E-state index in [0.717, 1.165) is 24.8 Å². The van der Waals surface area contributed by atoms with Crippen molar-refractivity contribution in [3.05, 3.63) is 79.0 Å². The lowest BCUT2D eigenvalue weighted by atomic mass is 10.1.